The minimum atomic E-state index is -0.0799. The van der Waals surface area contributed by atoms with Gasteiger partial charge >= 0.3 is 0 Å². The van der Waals surface area contributed by atoms with Crippen LogP contribution in [0, 0.1) is 11.3 Å². The predicted octanol–water partition coefficient (Wildman–Crippen LogP) is 4.66. The van der Waals surface area contributed by atoms with Gasteiger partial charge in [0, 0.05) is 17.0 Å². The SMILES string of the molecule is COc1ccc(Cn2c(=O)ccc3c(-c4ccccc4)c(C#N)sc32)cc1. The molecule has 2 aromatic heterocycles. The Morgan fingerprint density at radius 2 is 1.78 bits per heavy atom. The topological polar surface area (TPSA) is 55.0 Å². The van der Waals surface area contributed by atoms with Crippen LogP contribution >= 0.6 is 11.3 Å². The van der Waals surface area contributed by atoms with Crippen LogP contribution in [0.4, 0.5) is 0 Å². The summed E-state index contributed by atoms with van der Waals surface area (Å²) in [6, 6.07) is 23.2. The van der Waals surface area contributed by atoms with E-state index in [2.05, 4.69) is 6.07 Å². The smallest absolute Gasteiger partial charge is 0.251 e. The van der Waals surface area contributed by atoms with Crippen LogP contribution in [0.2, 0.25) is 0 Å². The lowest BCUT2D eigenvalue weighted by Gasteiger charge is -2.09. The Bertz CT molecular complexity index is 1200. The first-order valence-electron chi connectivity index (χ1n) is 8.46. The van der Waals surface area contributed by atoms with Crippen LogP contribution in [0.5, 0.6) is 5.75 Å². The summed E-state index contributed by atoms with van der Waals surface area (Å²) in [5.41, 5.74) is 2.79. The second kappa shape index (κ2) is 7.10. The van der Waals surface area contributed by atoms with Crippen molar-refractivity contribution in [1.82, 2.24) is 4.57 Å². The quantitative estimate of drug-likeness (QED) is 0.524. The van der Waals surface area contributed by atoms with Gasteiger partial charge in [0.1, 0.15) is 21.5 Å². The molecule has 4 nitrogen and oxygen atoms in total. The molecule has 0 unspecified atom stereocenters. The molecule has 0 bridgehead atoms. The maximum Gasteiger partial charge on any atom is 0.251 e. The number of nitrogens with zero attached hydrogens (tertiary/aromatic N) is 2. The highest BCUT2D eigenvalue weighted by Crippen LogP contribution is 2.37. The Kier molecular flexibility index (Phi) is 4.49. The van der Waals surface area contributed by atoms with Crippen molar-refractivity contribution in [2.45, 2.75) is 6.54 Å². The van der Waals surface area contributed by atoms with Gasteiger partial charge < -0.3 is 4.74 Å². The normalized spacial score (nSPS) is 10.7. The van der Waals surface area contributed by atoms with Gasteiger partial charge in [0.25, 0.3) is 5.56 Å². The van der Waals surface area contributed by atoms with Crippen molar-refractivity contribution in [2.75, 3.05) is 7.11 Å². The molecule has 0 saturated heterocycles. The van der Waals surface area contributed by atoms with Gasteiger partial charge in [-0.1, -0.05) is 42.5 Å². The van der Waals surface area contributed by atoms with Crippen LogP contribution in [0.25, 0.3) is 21.3 Å². The number of hydrogen-bond donors (Lipinski definition) is 0. The summed E-state index contributed by atoms with van der Waals surface area (Å²) < 4.78 is 6.92. The minimum absolute atomic E-state index is 0.0799. The highest BCUT2D eigenvalue weighted by Gasteiger charge is 2.17. The fourth-order valence-electron chi connectivity index (χ4n) is 3.17. The van der Waals surface area contributed by atoms with Gasteiger partial charge in [0.15, 0.2) is 0 Å². The van der Waals surface area contributed by atoms with Gasteiger partial charge in [-0.3, -0.25) is 9.36 Å². The van der Waals surface area contributed by atoms with E-state index in [-0.39, 0.29) is 5.56 Å². The zero-order valence-corrected chi connectivity index (χ0v) is 15.5. The third-order valence-electron chi connectivity index (χ3n) is 4.49. The molecule has 0 aliphatic heterocycles. The zero-order chi connectivity index (χ0) is 18.8. The molecule has 0 fully saturated rings. The molecule has 27 heavy (non-hydrogen) atoms. The lowest BCUT2D eigenvalue weighted by Crippen LogP contribution is -2.19. The molecule has 0 atom stereocenters. The zero-order valence-electron chi connectivity index (χ0n) is 14.7. The summed E-state index contributed by atoms with van der Waals surface area (Å²) in [7, 11) is 1.63. The molecule has 0 N–H and O–H groups in total. The summed E-state index contributed by atoms with van der Waals surface area (Å²) in [5.74, 6) is 0.776. The summed E-state index contributed by atoms with van der Waals surface area (Å²) >= 11 is 1.36. The molecule has 0 amide bonds. The molecule has 5 heteroatoms. The summed E-state index contributed by atoms with van der Waals surface area (Å²) in [5, 5.41) is 10.6. The fourth-order valence-corrected chi connectivity index (χ4v) is 4.28. The number of fused-ring (bicyclic) bond motifs is 1. The number of methoxy groups -OCH3 is 1. The number of aromatic nitrogens is 1. The molecular formula is C22H16N2O2S. The summed E-state index contributed by atoms with van der Waals surface area (Å²) in [4.78, 5) is 14.0. The number of nitriles is 1. The Balaban J connectivity index is 1.89. The first-order valence-corrected chi connectivity index (χ1v) is 9.27. The number of ether oxygens (including phenoxy) is 1. The van der Waals surface area contributed by atoms with Gasteiger partial charge in [-0.25, -0.2) is 0 Å². The van der Waals surface area contributed by atoms with E-state index >= 15 is 0 Å². The first kappa shape index (κ1) is 17.1. The van der Waals surface area contributed by atoms with Crippen molar-refractivity contribution in [2.24, 2.45) is 0 Å². The number of benzene rings is 2. The maximum absolute atomic E-state index is 12.6. The van der Waals surface area contributed by atoms with Crippen LogP contribution in [-0.4, -0.2) is 11.7 Å². The van der Waals surface area contributed by atoms with E-state index in [0.29, 0.717) is 11.4 Å². The van der Waals surface area contributed by atoms with E-state index in [1.54, 1.807) is 17.7 Å². The lowest BCUT2D eigenvalue weighted by molar-refractivity contribution is 0.414. The Morgan fingerprint density at radius 1 is 1.04 bits per heavy atom. The van der Waals surface area contributed by atoms with E-state index < -0.39 is 0 Å². The molecule has 132 valence electrons. The predicted molar refractivity (Wildman–Crippen MR) is 108 cm³/mol. The maximum atomic E-state index is 12.6. The van der Waals surface area contributed by atoms with Crippen molar-refractivity contribution in [3.8, 4) is 22.9 Å². The van der Waals surface area contributed by atoms with Crippen molar-refractivity contribution in [3.05, 3.63) is 87.5 Å². The van der Waals surface area contributed by atoms with Gasteiger partial charge in [-0.15, -0.1) is 11.3 Å². The minimum Gasteiger partial charge on any atom is -0.497 e. The van der Waals surface area contributed by atoms with E-state index in [1.807, 2.05) is 60.7 Å². The molecule has 0 aliphatic carbocycles. The number of hydrogen-bond acceptors (Lipinski definition) is 4. The highest BCUT2D eigenvalue weighted by molar-refractivity contribution is 7.19. The van der Waals surface area contributed by atoms with Crippen LogP contribution in [0.1, 0.15) is 10.4 Å². The average molecular weight is 372 g/mol. The van der Waals surface area contributed by atoms with Crippen molar-refractivity contribution >= 4 is 21.6 Å². The van der Waals surface area contributed by atoms with Crippen LogP contribution < -0.4 is 10.3 Å². The number of pyridine rings is 1. The number of rotatable bonds is 4. The monoisotopic (exact) mass is 372 g/mol. The molecule has 4 aromatic rings. The van der Waals surface area contributed by atoms with E-state index in [0.717, 1.165) is 32.7 Å². The molecule has 2 heterocycles. The fraction of sp³-hybridized carbons (Fsp3) is 0.0909. The summed E-state index contributed by atoms with van der Waals surface area (Å²) in [6.45, 7) is 0.444. The standard InChI is InChI=1S/C22H16N2O2S/c1-26-17-9-7-15(8-10-17)14-24-20(25)12-11-18-21(16-5-3-2-4-6-16)19(13-23)27-22(18)24/h2-12H,14H2,1H3. The van der Waals surface area contributed by atoms with Crippen LogP contribution in [0.15, 0.2) is 71.5 Å². The molecule has 2 aromatic carbocycles. The molecule has 0 aliphatic rings. The lowest BCUT2D eigenvalue weighted by atomic mass is 10.0. The third kappa shape index (κ3) is 3.12. The van der Waals surface area contributed by atoms with Crippen molar-refractivity contribution < 1.29 is 4.74 Å². The molecule has 0 spiro atoms. The van der Waals surface area contributed by atoms with Crippen LogP contribution in [0.3, 0.4) is 0 Å². The Labute approximate surface area is 160 Å². The number of thiophene rings is 1. The van der Waals surface area contributed by atoms with Crippen LogP contribution in [-0.2, 0) is 6.54 Å². The first-order chi connectivity index (χ1) is 13.2. The van der Waals surface area contributed by atoms with Gasteiger partial charge in [0.05, 0.1) is 13.7 Å². The molecule has 0 saturated carbocycles. The highest BCUT2D eigenvalue weighted by atomic mass is 32.1. The van der Waals surface area contributed by atoms with Crippen molar-refractivity contribution in [3.63, 3.8) is 0 Å². The van der Waals surface area contributed by atoms with Crippen molar-refractivity contribution in [1.29, 1.82) is 5.26 Å². The largest absolute Gasteiger partial charge is 0.497 e. The van der Waals surface area contributed by atoms with Gasteiger partial charge in [0.2, 0.25) is 0 Å². The van der Waals surface area contributed by atoms with E-state index in [9.17, 15) is 10.1 Å². The molecule has 4 rings (SSSR count). The average Bonchev–Trinajstić information content (AvgIpc) is 3.10. The second-order valence-corrected chi connectivity index (χ2v) is 7.11. The van der Waals surface area contributed by atoms with Gasteiger partial charge in [-0.2, -0.15) is 5.26 Å². The second-order valence-electron chi connectivity index (χ2n) is 6.11. The third-order valence-corrected chi connectivity index (χ3v) is 5.63. The van der Waals surface area contributed by atoms with E-state index in [4.69, 9.17) is 4.74 Å². The Hall–Kier alpha value is -3.36. The molecular weight excluding hydrogens is 356 g/mol. The van der Waals surface area contributed by atoms with E-state index in [1.165, 1.54) is 11.3 Å². The van der Waals surface area contributed by atoms with Gasteiger partial charge in [-0.05, 0) is 29.3 Å². The molecule has 0 radical (unpaired) electrons. The summed E-state index contributed by atoms with van der Waals surface area (Å²) in [6.07, 6.45) is 0. The Morgan fingerprint density at radius 3 is 2.44 bits per heavy atom.